The van der Waals surface area contributed by atoms with Crippen LogP contribution in [0.1, 0.15) is 44.7 Å². The van der Waals surface area contributed by atoms with Gasteiger partial charge in [-0.05, 0) is 82.0 Å². The zero-order chi connectivity index (χ0) is 29.4. The van der Waals surface area contributed by atoms with Crippen LogP contribution in [0.15, 0.2) is 54.6 Å². The van der Waals surface area contributed by atoms with Gasteiger partial charge in [0.2, 0.25) is 0 Å². The van der Waals surface area contributed by atoms with Crippen molar-refractivity contribution in [3.8, 4) is 11.3 Å². The van der Waals surface area contributed by atoms with Gasteiger partial charge in [0.1, 0.15) is 5.60 Å². The largest absolute Gasteiger partial charge is 0.443 e. The monoisotopic (exact) mass is 567 g/mol. The minimum atomic E-state index is -4.48. The fraction of sp³-hybridized carbons (Fsp3) is 0.367. The summed E-state index contributed by atoms with van der Waals surface area (Å²) in [5.41, 5.74) is 1.97. The molecule has 0 aliphatic carbocycles. The molecule has 41 heavy (non-hydrogen) atoms. The third kappa shape index (κ3) is 6.39. The van der Waals surface area contributed by atoms with Crippen LogP contribution >= 0.6 is 0 Å². The molecule has 2 N–H and O–H groups in total. The highest BCUT2D eigenvalue weighted by Gasteiger charge is 2.31. The molecule has 8 nitrogen and oxygen atoms in total. The summed E-state index contributed by atoms with van der Waals surface area (Å²) in [4.78, 5) is 34.2. The third-order valence-corrected chi connectivity index (χ3v) is 6.80. The van der Waals surface area contributed by atoms with Crippen molar-refractivity contribution in [3.05, 3.63) is 65.7 Å². The summed E-state index contributed by atoms with van der Waals surface area (Å²) in [7, 11) is 0. The van der Waals surface area contributed by atoms with Crippen LogP contribution in [0.2, 0.25) is 0 Å². The zero-order valence-electron chi connectivity index (χ0n) is 23.1. The zero-order valence-corrected chi connectivity index (χ0v) is 23.1. The summed E-state index contributed by atoms with van der Waals surface area (Å²) in [6.45, 7) is 6.89. The highest BCUT2D eigenvalue weighted by molar-refractivity contribution is 6.04. The van der Waals surface area contributed by atoms with E-state index in [4.69, 9.17) is 4.74 Å². The number of hydrogen-bond acceptors (Lipinski definition) is 5. The summed E-state index contributed by atoms with van der Waals surface area (Å²) < 4.78 is 45.5. The number of aryl methyl sites for hydroxylation is 1. The Kier molecular flexibility index (Phi) is 7.54. The minimum Gasteiger partial charge on any atom is -0.443 e. The van der Waals surface area contributed by atoms with E-state index in [1.165, 1.54) is 11.0 Å². The lowest BCUT2D eigenvalue weighted by atomic mass is 10.0. The van der Waals surface area contributed by atoms with Crippen molar-refractivity contribution in [2.24, 2.45) is 0 Å². The number of halogens is 3. The van der Waals surface area contributed by atoms with E-state index in [2.05, 4.69) is 15.6 Å². The molecule has 0 atom stereocenters. The summed E-state index contributed by atoms with van der Waals surface area (Å²) in [5.74, 6) is 0.322. The quantitative estimate of drug-likeness (QED) is 0.339. The number of anilines is 4. The number of nitrogens with zero attached hydrogens (tertiary/aromatic N) is 3. The number of urea groups is 1. The average Bonchev–Trinajstić information content (AvgIpc) is 3.13. The Labute approximate surface area is 236 Å². The molecule has 0 bridgehead atoms. The van der Waals surface area contributed by atoms with Crippen LogP contribution in [-0.4, -0.2) is 42.3 Å². The van der Waals surface area contributed by atoms with E-state index < -0.39 is 29.5 Å². The maximum Gasteiger partial charge on any atom is 0.416 e. The molecule has 2 aliphatic heterocycles. The second-order valence-electron chi connectivity index (χ2n) is 11.1. The van der Waals surface area contributed by atoms with Gasteiger partial charge in [-0.1, -0.05) is 18.2 Å². The van der Waals surface area contributed by atoms with E-state index in [0.29, 0.717) is 60.2 Å². The molecule has 0 radical (unpaired) electrons. The number of alkyl halides is 3. The van der Waals surface area contributed by atoms with E-state index in [1.54, 1.807) is 35.2 Å². The fourth-order valence-electron chi connectivity index (χ4n) is 4.92. The number of benzene rings is 2. The summed E-state index contributed by atoms with van der Waals surface area (Å²) >= 11 is 0. The average molecular weight is 568 g/mol. The number of fused-ring (bicyclic) bond motifs is 2. The van der Waals surface area contributed by atoms with Crippen LogP contribution in [-0.2, 0) is 17.3 Å². The Morgan fingerprint density at radius 1 is 0.976 bits per heavy atom. The molecule has 0 fully saturated rings. The van der Waals surface area contributed by atoms with Crippen molar-refractivity contribution >= 4 is 35.0 Å². The van der Waals surface area contributed by atoms with Gasteiger partial charge in [0.15, 0.2) is 5.82 Å². The molecule has 3 aromatic rings. The van der Waals surface area contributed by atoms with Gasteiger partial charge in [0.25, 0.3) is 0 Å². The van der Waals surface area contributed by atoms with Crippen LogP contribution in [0.3, 0.4) is 0 Å². The second-order valence-corrected chi connectivity index (χ2v) is 11.1. The van der Waals surface area contributed by atoms with Crippen LogP contribution in [0.25, 0.3) is 11.3 Å². The lowest BCUT2D eigenvalue weighted by molar-refractivity contribution is -0.137. The topological polar surface area (TPSA) is 86.8 Å². The van der Waals surface area contributed by atoms with Crippen molar-refractivity contribution in [2.75, 3.05) is 40.1 Å². The van der Waals surface area contributed by atoms with Gasteiger partial charge in [-0.15, -0.1) is 0 Å². The summed E-state index contributed by atoms with van der Waals surface area (Å²) in [5, 5.41) is 6.16. The van der Waals surface area contributed by atoms with Crippen molar-refractivity contribution < 1.29 is 27.5 Å². The van der Waals surface area contributed by atoms with E-state index in [0.717, 1.165) is 30.5 Å². The molecule has 2 aromatic carbocycles. The number of nitrogens with one attached hydrogen (secondary N) is 2. The molecule has 3 heterocycles. The molecule has 11 heteroatoms. The number of hydrogen-bond donors (Lipinski definition) is 2. The van der Waals surface area contributed by atoms with Crippen molar-refractivity contribution in [1.82, 2.24) is 4.98 Å². The first-order chi connectivity index (χ1) is 19.4. The highest BCUT2D eigenvalue weighted by Crippen LogP contribution is 2.35. The fourth-order valence-corrected chi connectivity index (χ4v) is 4.92. The van der Waals surface area contributed by atoms with Gasteiger partial charge in [-0.2, -0.15) is 13.2 Å². The second kappa shape index (κ2) is 10.9. The van der Waals surface area contributed by atoms with E-state index in [1.807, 2.05) is 26.8 Å². The first-order valence-corrected chi connectivity index (χ1v) is 13.5. The summed E-state index contributed by atoms with van der Waals surface area (Å²) in [6, 6.07) is 13.3. The molecule has 3 amide bonds. The molecule has 0 unspecified atom stereocenters. The number of rotatable bonds is 2. The molecule has 2 aliphatic rings. The Balaban J connectivity index is 1.42. The Bertz CT molecular complexity index is 1470. The van der Waals surface area contributed by atoms with Crippen LogP contribution in [0.4, 0.5) is 45.6 Å². The number of amides is 3. The molecule has 0 saturated carbocycles. The normalized spacial score (nSPS) is 15.3. The number of pyridine rings is 1. The van der Waals surface area contributed by atoms with Gasteiger partial charge in [0, 0.05) is 30.9 Å². The van der Waals surface area contributed by atoms with Gasteiger partial charge in [-0.3, -0.25) is 9.80 Å². The molecular formula is C30H32F3N5O3. The van der Waals surface area contributed by atoms with Crippen molar-refractivity contribution in [1.29, 1.82) is 0 Å². The van der Waals surface area contributed by atoms with Crippen LogP contribution in [0, 0.1) is 0 Å². The minimum absolute atomic E-state index is 0.296. The SMILES string of the molecule is CC(C)(C)OC(=O)N1CCCc2ccc(NC(=O)N3CCCNc4ccc(-c5cccc(C(F)(F)F)c5)nc43)cc21. The maximum atomic E-state index is 13.6. The van der Waals surface area contributed by atoms with Gasteiger partial charge in [0.05, 0.1) is 22.6 Å². The number of aromatic nitrogens is 1. The molecule has 0 spiro atoms. The van der Waals surface area contributed by atoms with Gasteiger partial charge < -0.3 is 15.4 Å². The first-order valence-electron chi connectivity index (χ1n) is 13.5. The Morgan fingerprint density at radius 3 is 2.51 bits per heavy atom. The summed E-state index contributed by atoms with van der Waals surface area (Å²) in [6.07, 6.45) is -2.69. The third-order valence-electron chi connectivity index (χ3n) is 6.80. The predicted molar refractivity (Wildman–Crippen MR) is 152 cm³/mol. The van der Waals surface area contributed by atoms with Crippen LogP contribution < -0.4 is 20.4 Å². The Hall–Kier alpha value is -4.28. The maximum absolute atomic E-state index is 13.6. The number of ether oxygens (including phenoxy) is 1. The van der Waals surface area contributed by atoms with E-state index in [-0.39, 0.29) is 0 Å². The van der Waals surface area contributed by atoms with E-state index >= 15 is 0 Å². The first kappa shape index (κ1) is 28.3. The predicted octanol–water partition coefficient (Wildman–Crippen LogP) is 7.31. The molecule has 0 saturated heterocycles. The standard InChI is InChI=1S/C30H32F3N5O3/c1-29(2,3)41-28(40)37-15-5-8-19-10-11-22(18-25(19)37)35-27(39)38-16-6-14-34-24-13-12-23(36-26(24)38)20-7-4-9-21(17-20)30(31,32)33/h4,7,9-13,17-18,34H,5-6,8,14-16H2,1-3H3,(H,35,39). The van der Waals surface area contributed by atoms with Gasteiger partial charge in [-0.25, -0.2) is 14.6 Å². The highest BCUT2D eigenvalue weighted by atomic mass is 19.4. The smallest absolute Gasteiger partial charge is 0.416 e. The number of carbonyl (C=O) groups excluding carboxylic acids is 2. The molecule has 216 valence electrons. The van der Waals surface area contributed by atoms with E-state index in [9.17, 15) is 22.8 Å². The van der Waals surface area contributed by atoms with Crippen molar-refractivity contribution in [3.63, 3.8) is 0 Å². The van der Waals surface area contributed by atoms with Gasteiger partial charge >= 0.3 is 18.3 Å². The Morgan fingerprint density at radius 2 is 1.76 bits per heavy atom. The van der Waals surface area contributed by atoms with Crippen LogP contribution in [0.5, 0.6) is 0 Å². The lowest BCUT2D eigenvalue weighted by Crippen LogP contribution is -2.40. The molecular weight excluding hydrogens is 535 g/mol. The molecule has 1 aromatic heterocycles. The van der Waals surface area contributed by atoms with Crippen molar-refractivity contribution in [2.45, 2.75) is 51.8 Å². The number of carbonyl (C=O) groups is 2. The molecule has 5 rings (SSSR count). The lowest BCUT2D eigenvalue weighted by Gasteiger charge is -2.32.